The first-order valence-corrected chi connectivity index (χ1v) is 13.2. The van der Waals surface area contributed by atoms with Crippen LogP contribution in [-0.4, -0.2) is 35.2 Å². The molecule has 0 aromatic heterocycles. The van der Waals surface area contributed by atoms with Gasteiger partial charge in [-0.3, -0.25) is 19.3 Å². The van der Waals surface area contributed by atoms with E-state index in [9.17, 15) is 18.8 Å². The summed E-state index contributed by atoms with van der Waals surface area (Å²) in [4.78, 5) is 39.0. The van der Waals surface area contributed by atoms with Gasteiger partial charge in [0, 0.05) is 11.3 Å². The molecule has 1 saturated heterocycles. The normalized spacial score (nSPS) is 14.2. The average molecular weight is 632 g/mol. The van der Waals surface area contributed by atoms with Crippen LogP contribution in [0.3, 0.4) is 0 Å². The molecule has 1 aliphatic heterocycles. The molecule has 0 aliphatic carbocycles. The van der Waals surface area contributed by atoms with Crippen molar-refractivity contribution in [1.29, 1.82) is 0 Å². The molecule has 1 aliphatic rings. The molecule has 0 radical (unpaired) electrons. The second kappa shape index (κ2) is 12.2. The van der Waals surface area contributed by atoms with Gasteiger partial charge in [0.2, 0.25) is 0 Å². The van der Waals surface area contributed by atoms with Crippen molar-refractivity contribution in [1.82, 2.24) is 4.90 Å². The Morgan fingerprint density at radius 3 is 2.54 bits per heavy atom. The SMILES string of the molecule is CCOc1cc(/C=C2\SC(=O)N(Cc3ccccc3F)C2=O)cc(I)c1OCC(=O)Nc1ccccc1. The van der Waals surface area contributed by atoms with Crippen molar-refractivity contribution in [2.45, 2.75) is 13.5 Å². The highest BCUT2D eigenvalue weighted by Gasteiger charge is 2.35. The number of hydrogen-bond donors (Lipinski definition) is 1. The van der Waals surface area contributed by atoms with Gasteiger partial charge >= 0.3 is 0 Å². The summed E-state index contributed by atoms with van der Waals surface area (Å²) in [6.45, 7) is 1.80. The zero-order valence-corrected chi connectivity index (χ0v) is 22.7. The van der Waals surface area contributed by atoms with Crippen molar-refractivity contribution in [3.05, 3.63) is 92.1 Å². The number of rotatable bonds is 9. The molecule has 1 fully saturated rings. The quantitative estimate of drug-likeness (QED) is 0.227. The zero-order valence-electron chi connectivity index (χ0n) is 19.7. The van der Waals surface area contributed by atoms with E-state index in [-0.39, 0.29) is 29.5 Å². The molecule has 3 amide bonds. The third-order valence-corrected chi connectivity index (χ3v) is 6.90. The molecule has 3 aromatic carbocycles. The fourth-order valence-electron chi connectivity index (χ4n) is 3.52. The molecule has 1 N–H and O–H groups in total. The predicted octanol–water partition coefficient (Wildman–Crippen LogP) is 6.08. The predicted molar refractivity (Wildman–Crippen MR) is 149 cm³/mol. The highest BCUT2D eigenvalue weighted by atomic mass is 127. The van der Waals surface area contributed by atoms with E-state index in [0.717, 1.165) is 16.7 Å². The molecule has 4 rings (SSSR count). The standard InChI is InChI=1S/C27H22FIN2O5S/c1-2-35-22-13-17(12-21(29)25(22)36-16-24(32)30-19-9-4-3-5-10-19)14-23-26(33)31(27(34)37-23)15-18-8-6-7-11-20(18)28/h3-14H,2,15-16H2,1H3,(H,30,32)/b23-14-. The number of carbonyl (C=O) groups excluding carboxylic acids is 3. The van der Waals surface area contributed by atoms with E-state index in [0.29, 0.717) is 32.9 Å². The van der Waals surface area contributed by atoms with Gasteiger partial charge in [-0.05, 0) is 83.2 Å². The van der Waals surface area contributed by atoms with Crippen molar-refractivity contribution in [3.63, 3.8) is 0 Å². The minimum Gasteiger partial charge on any atom is -0.490 e. The number of nitrogens with one attached hydrogen (secondary N) is 1. The maximum absolute atomic E-state index is 14.0. The van der Waals surface area contributed by atoms with Gasteiger partial charge in [-0.15, -0.1) is 0 Å². The summed E-state index contributed by atoms with van der Waals surface area (Å²) in [5, 5.41) is 2.29. The molecular formula is C27H22FIN2O5S. The molecular weight excluding hydrogens is 610 g/mol. The molecule has 0 spiro atoms. The van der Waals surface area contributed by atoms with Crippen LogP contribution in [0.1, 0.15) is 18.1 Å². The molecule has 0 bridgehead atoms. The molecule has 0 unspecified atom stereocenters. The highest BCUT2D eigenvalue weighted by Crippen LogP contribution is 2.38. The van der Waals surface area contributed by atoms with Gasteiger partial charge in [0.1, 0.15) is 5.82 Å². The third kappa shape index (κ3) is 6.69. The average Bonchev–Trinajstić information content (AvgIpc) is 3.13. The topological polar surface area (TPSA) is 84.9 Å². The largest absolute Gasteiger partial charge is 0.490 e. The monoisotopic (exact) mass is 632 g/mol. The van der Waals surface area contributed by atoms with E-state index in [1.807, 2.05) is 25.1 Å². The Balaban J connectivity index is 1.50. The number of benzene rings is 3. The van der Waals surface area contributed by atoms with Crippen molar-refractivity contribution in [2.24, 2.45) is 0 Å². The van der Waals surface area contributed by atoms with Gasteiger partial charge in [0.05, 0.1) is 21.6 Å². The van der Waals surface area contributed by atoms with Crippen molar-refractivity contribution < 1.29 is 28.2 Å². The summed E-state index contributed by atoms with van der Waals surface area (Å²) in [6, 6.07) is 18.5. The van der Waals surface area contributed by atoms with Crippen LogP contribution in [0, 0.1) is 9.39 Å². The lowest BCUT2D eigenvalue weighted by atomic mass is 10.1. The Bertz CT molecular complexity index is 1370. The molecule has 3 aromatic rings. The molecule has 37 heavy (non-hydrogen) atoms. The van der Waals surface area contributed by atoms with E-state index in [4.69, 9.17) is 9.47 Å². The van der Waals surface area contributed by atoms with E-state index in [2.05, 4.69) is 27.9 Å². The zero-order chi connectivity index (χ0) is 26.4. The lowest BCUT2D eigenvalue weighted by Gasteiger charge is -2.15. The second-order valence-corrected chi connectivity index (χ2v) is 9.98. The Kier molecular flexibility index (Phi) is 8.82. The van der Waals surface area contributed by atoms with Crippen LogP contribution in [0.5, 0.6) is 11.5 Å². The van der Waals surface area contributed by atoms with Crippen molar-refractivity contribution >= 4 is 63.2 Å². The Labute approximate surface area is 231 Å². The number of thioether (sulfide) groups is 1. The van der Waals surface area contributed by atoms with E-state index in [1.54, 1.807) is 42.5 Å². The van der Waals surface area contributed by atoms with Gasteiger partial charge < -0.3 is 14.8 Å². The van der Waals surface area contributed by atoms with E-state index in [1.165, 1.54) is 12.1 Å². The molecule has 7 nitrogen and oxygen atoms in total. The van der Waals surface area contributed by atoms with E-state index < -0.39 is 17.0 Å². The number of hydrogen-bond acceptors (Lipinski definition) is 6. The van der Waals surface area contributed by atoms with Gasteiger partial charge in [0.15, 0.2) is 18.1 Å². The first kappa shape index (κ1) is 26.7. The summed E-state index contributed by atoms with van der Waals surface area (Å²) >= 11 is 2.86. The number of halogens is 2. The number of anilines is 1. The lowest BCUT2D eigenvalue weighted by molar-refractivity contribution is -0.123. The number of carbonyl (C=O) groups is 3. The third-order valence-electron chi connectivity index (χ3n) is 5.19. The highest BCUT2D eigenvalue weighted by molar-refractivity contribution is 14.1. The first-order chi connectivity index (χ1) is 17.9. The smallest absolute Gasteiger partial charge is 0.293 e. The van der Waals surface area contributed by atoms with Gasteiger partial charge in [-0.2, -0.15) is 0 Å². The maximum atomic E-state index is 14.0. The first-order valence-electron chi connectivity index (χ1n) is 11.3. The van der Waals surface area contributed by atoms with Gasteiger partial charge in [-0.1, -0.05) is 36.4 Å². The van der Waals surface area contributed by atoms with Crippen LogP contribution in [-0.2, 0) is 16.1 Å². The minimum atomic E-state index is -0.496. The summed E-state index contributed by atoms with van der Waals surface area (Å²) in [6.07, 6.45) is 1.59. The molecule has 0 saturated carbocycles. The fourth-order valence-corrected chi connectivity index (χ4v) is 5.13. The number of ether oxygens (including phenoxy) is 2. The lowest BCUT2D eigenvalue weighted by Crippen LogP contribution is -2.27. The number of imide groups is 1. The van der Waals surface area contributed by atoms with Crippen LogP contribution in [0.4, 0.5) is 14.9 Å². The van der Waals surface area contributed by atoms with Gasteiger partial charge in [-0.25, -0.2) is 4.39 Å². The number of para-hydroxylation sites is 1. The summed E-state index contributed by atoms with van der Waals surface area (Å²) in [5.74, 6) is -0.495. The van der Waals surface area contributed by atoms with E-state index >= 15 is 0 Å². The van der Waals surface area contributed by atoms with Gasteiger partial charge in [0.25, 0.3) is 17.1 Å². The fraction of sp³-hybridized carbons (Fsp3) is 0.148. The summed E-state index contributed by atoms with van der Waals surface area (Å²) < 4.78 is 26.2. The second-order valence-electron chi connectivity index (χ2n) is 7.83. The van der Waals surface area contributed by atoms with Crippen LogP contribution in [0.25, 0.3) is 6.08 Å². The molecule has 0 atom stereocenters. The number of amides is 3. The summed E-state index contributed by atoms with van der Waals surface area (Å²) in [7, 11) is 0. The maximum Gasteiger partial charge on any atom is 0.293 e. The minimum absolute atomic E-state index is 0.145. The van der Waals surface area contributed by atoms with Crippen LogP contribution in [0.2, 0.25) is 0 Å². The van der Waals surface area contributed by atoms with Crippen LogP contribution in [0.15, 0.2) is 71.6 Å². The molecule has 10 heteroatoms. The Morgan fingerprint density at radius 1 is 1.08 bits per heavy atom. The Morgan fingerprint density at radius 2 is 1.81 bits per heavy atom. The van der Waals surface area contributed by atoms with Crippen LogP contribution < -0.4 is 14.8 Å². The molecule has 1 heterocycles. The Hall–Kier alpha value is -3.38. The van der Waals surface area contributed by atoms with Crippen molar-refractivity contribution in [3.8, 4) is 11.5 Å². The summed E-state index contributed by atoms with van der Waals surface area (Å²) in [5.41, 5.74) is 1.54. The molecule has 190 valence electrons. The number of nitrogens with zero attached hydrogens (tertiary/aromatic N) is 1. The van der Waals surface area contributed by atoms with Crippen LogP contribution >= 0.6 is 34.4 Å². The van der Waals surface area contributed by atoms with Crippen molar-refractivity contribution in [2.75, 3.05) is 18.5 Å².